The van der Waals surface area contributed by atoms with Crippen molar-refractivity contribution in [2.75, 3.05) is 13.1 Å². The lowest BCUT2D eigenvalue weighted by Crippen LogP contribution is -2.39. The minimum absolute atomic E-state index is 0.0805. The van der Waals surface area contributed by atoms with Crippen LogP contribution in [0.5, 0.6) is 0 Å². The summed E-state index contributed by atoms with van der Waals surface area (Å²) in [6.07, 6.45) is 6.17. The Hall–Kier alpha value is -3.16. The Morgan fingerprint density at radius 3 is 2.60 bits per heavy atom. The third-order valence-electron chi connectivity index (χ3n) is 4.32. The number of hydrogen-bond donors (Lipinski definition) is 0. The fraction of sp³-hybridized carbons (Fsp3) is 0.294. The summed E-state index contributed by atoms with van der Waals surface area (Å²) in [5, 5.41) is 12.8. The van der Waals surface area contributed by atoms with E-state index in [1.165, 1.54) is 12.4 Å². The molecular weight excluding hydrogens is 318 g/mol. The van der Waals surface area contributed by atoms with Crippen molar-refractivity contribution in [3.8, 4) is 11.4 Å². The molecule has 0 N–H and O–H groups in total. The predicted molar refractivity (Wildman–Crippen MR) is 89.5 cm³/mol. The van der Waals surface area contributed by atoms with Gasteiger partial charge >= 0.3 is 0 Å². The molecule has 0 spiro atoms. The second-order valence-corrected chi connectivity index (χ2v) is 5.91. The minimum Gasteiger partial charge on any atom is -0.337 e. The average molecular weight is 335 g/mol. The van der Waals surface area contributed by atoms with Crippen LogP contribution in [-0.2, 0) is 0 Å². The lowest BCUT2D eigenvalue weighted by Gasteiger charge is -2.30. The van der Waals surface area contributed by atoms with Crippen LogP contribution in [0.3, 0.4) is 0 Å². The van der Waals surface area contributed by atoms with Gasteiger partial charge in [0.05, 0.1) is 12.2 Å². The van der Waals surface area contributed by atoms with E-state index in [0.717, 1.165) is 18.4 Å². The molecule has 8 nitrogen and oxygen atoms in total. The maximum absolute atomic E-state index is 12.4. The third-order valence-corrected chi connectivity index (χ3v) is 4.32. The van der Waals surface area contributed by atoms with Crippen molar-refractivity contribution < 1.29 is 4.79 Å². The second-order valence-electron chi connectivity index (χ2n) is 5.91. The Kier molecular flexibility index (Phi) is 4.16. The van der Waals surface area contributed by atoms with Crippen molar-refractivity contribution in [2.45, 2.75) is 18.9 Å². The monoisotopic (exact) mass is 335 g/mol. The zero-order valence-corrected chi connectivity index (χ0v) is 13.6. The second kappa shape index (κ2) is 6.76. The smallest absolute Gasteiger partial charge is 0.274 e. The van der Waals surface area contributed by atoms with Gasteiger partial charge in [-0.15, -0.1) is 10.2 Å². The van der Waals surface area contributed by atoms with Crippen LogP contribution < -0.4 is 0 Å². The van der Waals surface area contributed by atoms with E-state index < -0.39 is 0 Å². The van der Waals surface area contributed by atoms with Crippen molar-refractivity contribution in [3.05, 3.63) is 54.6 Å². The summed E-state index contributed by atoms with van der Waals surface area (Å²) >= 11 is 0. The minimum atomic E-state index is -0.0805. The standard InChI is InChI=1S/C17H17N7O/c25-17(15-12-18-8-9-19-15)23-10-6-14(7-11-23)24-21-16(20-22-24)13-4-2-1-3-5-13/h1-5,8-9,12,14H,6-7,10-11H2. The van der Waals surface area contributed by atoms with Crippen LogP contribution in [0.2, 0.25) is 0 Å². The highest BCUT2D eigenvalue weighted by Crippen LogP contribution is 2.23. The van der Waals surface area contributed by atoms with Crippen LogP contribution in [0.1, 0.15) is 29.4 Å². The lowest BCUT2D eigenvalue weighted by atomic mass is 10.1. The highest BCUT2D eigenvalue weighted by molar-refractivity contribution is 5.92. The van der Waals surface area contributed by atoms with Crippen molar-refractivity contribution in [1.82, 2.24) is 35.1 Å². The van der Waals surface area contributed by atoms with Crippen LogP contribution in [-0.4, -0.2) is 54.1 Å². The summed E-state index contributed by atoms with van der Waals surface area (Å²) in [6.45, 7) is 1.28. The van der Waals surface area contributed by atoms with E-state index in [2.05, 4.69) is 25.4 Å². The third kappa shape index (κ3) is 3.23. The summed E-state index contributed by atoms with van der Waals surface area (Å²) in [6, 6.07) is 9.93. The first kappa shape index (κ1) is 15.4. The number of amides is 1. The zero-order chi connectivity index (χ0) is 17.1. The Bertz CT molecular complexity index is 842. The first-order chi connectivity index (χ1) is 12.3. The van der Waals surface area contributed by atoms with Crippen molar-refractivity contribution in [3.63, 3.8) is 0 Å². The number of carbonyl (C=O) groups excluding carboxylic acids is 1. The summed E-state index contributed by atoms with van der Waals surface area (Å²) in [7, 11) is 0. The SMILES string of the molecule is O=C(c1cnccn1)N1CCC(n2nnc(-c3ccccc3)n2)CC1. The van der Waals surface area contributed by atoms with Crippen molar-refractivity contribution >= 4 is 5.91 Å². The number of tetrazole rings is 1. The van der Waals surface area contributed by atoms with Gasteiger partial charge in [0.1, 0.15) is 5.69 Å². The molecule has 1 amide bonds. The Morgan fingerprint density at radius 1 is 1.08 bits per heavy atom. The molecule has 0 atom stereocenters. The topological polar surface area (TPSA) is 89.7 Å². The summed E-state index contributed by atoms with van der Waals surface area (Å²) in [5.41, 5.74) is 1.33. The molecule has 0 aliphatic carbocycles. The van der Waals surface area contributed by atoms with E-state index in [1.807, 2.05) is 30.3 Å². The Morgan fingerprint density at radius 2 is 1.88 bits per heavy atom. The lowest BCUT2D eigenvalue weighted by molar-refractivity contribution is 0.0676. The number of nitrogens with zero attached hydrogens (tertiary/aromatic N) is 7. The van der Waals surface area contributed by atoms with E-state index >= 15 is 0 Å². The molecule has 4 rings (SSSR count). The van der Waals surface area contributed by atoms with Gasteiger partial charge in [0.25, 0.3) is 5.91 Å². The summed E-state index contributed by atoms with van der Waals surface area (Å²) in [5.74, 6) is 0.543. The van der Waals surface area contributed by atoms with E-state index in [0.29, 0.717) is 24.6 Å². The molecule has 0 unspecified atom stereocenters. The van der Waals surface area contributed by atoms with Gasteiger partial charge in [-0.25, -0.2) is 4.98 Å². The van der Waals surface area contributed by atoms with E-state index in [-0.39, 0.29) is 11.9 Å². The van der Waals surface area contributed by atoms with Gasteiger partial charge in [-0.1, -0.05) is 30.3 Å². The zero-order valence-electron chi connectivity index (χ0n) is 13.6. The van der Waals surface area contributed by atoms with Crippen LogP contribution in [0, 0.1) is 0 Å². The number of carbonyl (C=O) groups is 1. The summed E-state index contributed by atoms with van der Waals surface area (Å²) in [4.78, 5) is 23.9. The van der Waals surface area contributed by atoms with Gasteiger partial charge in [-0.05, 0) is 18.1 Å². The van der Waals surface area contributed by atoms with Gasteiger partial charge < -0.3 is 4.90 Å². The number of aromatic nitrogens is 6. The molecule has 126 valence electrons. The van der Waals surface area contributed by atoms with Crippen molar-refractivity contribution in [2.24, 2.45) is 0 Å². The first-order valence-corrected chi connectivity index (χ1v) is 8.21. The number of hydrogen-bond acceptors (Lipinski definition) is 6. The molecule has 8 heteroatoms. The first-order valence-electron chi connectivity index (χ1n) is 8.21. The Labute approximate surface area is 144 Å². The highest BCUT2D eigenvalue weighted by Gasteiger charge is 2.26. The van der Waals surface area contributed by atoms with Crippen LogP contribution in [0.25, 0.3) is 11.4 Å². The maximum Gasteiger partial charge on any atom is 0.274 e. The van der Waals surface area contributed by atoms with Gasteiger partial charge in [-0.2, -0.15) is 4.80 Å². The molecule has 3 heterocycles. The van der Waals surface area contributed by atoms with Gasteiger partial charge in [-0.3, -0.25) is 9.78 Å². The quantitative estimate of drug-likeness (QED) is 0.722. The number of benzene rings is 1. The van der Waals surface area contributed by atoms with Crippen molar-refractivity contribution in [1.29, 1.82) is 0 Å². The molecule has 1 saturated heterocycles. The molecule has 1 aromatic carbocycles. The highest BCUT2D eigenvalue weighted by atomic mass is 16.2. The fourth-order valence-electron chi connectivity index (χ4n) is 2.95. The van der Waals surface area contributed by atoms with E-state index in [9.17, 15) is 4.79 Å². The predicted octanol–water partition coefficient (Wildman–Crippen LogP) is 1.61. The molecule has 0 saturated carbocycles. The summed E-state index contributed by atoms with van der Waals surface area (Å²) < 4.78 is 0. The van der Waals surface area contributed by atoms with Crippen LogP contribution >= 0.6 is 0 Å². The normalized spacial score (nSPS) is 15.3. The van der Waals surface area contributed by atoms with Gasteiger partial charge in [0.15, 0.2) is 0 Å². The molecular formula is C17H17N7O. The molecule has 3 aromatic rings. The largest absolute Gasteiger partial charge is 0.337 e. The maximum atomic E-state index is 12.4. The molecule has 0 bridgehead atoms. The molecule has 1 aliphatic rings. The number of rotatable bonds is 3. The fourth-order valence-corrected chi connectivity index (χ4v) is 2.95. The molecule has 0 radical (unpaired) electrons. The number of piperidine rings is 1. The van der Waals surface area contributed by atoms with Crippen LogP contribution in [0.4, 0.5) is 0 Å². The van der Waals surface area contributed by atoms with Gasteiger partial charge in [0, 0.05) is 31.0 Å². The van der Waals surface area contributed by atoms with Crippen LogP contribution in [0.15, 0.2) is 48.9 Å². The average Bonchev–Trinajstić information content (AvgIpc) is 3.19. The molecule has 2 aromatic heterocycles. The van der Waals surface area contributed by atoms with E-state index in [4.69, 9.17) is 0 Å². The van der Waals surface area contributed by atoms with Gasteiger partial charge in [0.2, 0.25) is 5.82 Å². The molecule has 1 aliphatic heterocycles. The molecule has 1 fully saturated rings. The van der Waals surface area contributed by atoms with E-state index in [1.54, 1.807) is 15.9 Å². The number of likely N-dealkylation sites (tertiary alicyclic amines) is 1. The Balaban J connectivity index is 1.41. The molecule has 25 heavy (non-hydrogen) atoms.